The molecule has 3 rings (SSSR count). The number of carbonyl (C=O) groups excluding carboxylic acids is 2. The van der Waals surface area contributed by atoms with Crippen molar-refractivity contribution in [2.24, 2.45) is 5.73 Å². The van der Waals surface area contributed by atoms with Crippen LogP contribution in [0.2, 0.25) is 0 Å². The van der Waals surface area contributed by atoms with Crippen LogP contribution < -0.4 is 11.1 Å². The van der Waals surface area contributed by atoms with E-state index in [0.29, 0.717) is 19.4 Å². The minimum Gasteiger partial charge on any atom is -0.480 e. The van der Waals surface area contributed by atoms with E-state index in [2.05, 4.69) is 10.3 Å². The quantitative estimate of drug-likeness (QED) is 0.587. The lowest BCUT2D eigenvalue weighted by Gasteiger charge is -2.25. The normalized spacial score (nSPS) is 18.0. The first-order chi connectivity index (χ1) is 12.5. The number of aromatic amines is 1. The molecule has 1 fully saturated rings. The molecule has 26 heavy (non-hydrogen) atoms. The molecule has 1 aromatic carbocycles. The molecule has 0 spiro atoms. The second kappa shape index (κ2) is 7.57. The smallest absolute Gasteiger partial charge is 0.326 e. The molecule has 8 nitrogen and oxygen atoms in total. The van der Waals surface area contributed by atoms with E-state index in [1.54, 1.807) is 6.20 Å². The third-order valence-corrected chi connectivity index (χ3v) is 4.76. The van der Waals surface area contributed by atoms with Gasteiger partial charge < -0.3 is 26.0 Å². The molecule has 138 valence electrons. The molecule has 8 heteroatoms. The van der Waals surface area contributed by atoms with E-state index in [0.717, 1.165) is 16.5 Å². The van der Waals surface area contributed by atoms with Crippen molar-refractivity contribution in [3.05, 3.63) is 36.0 Å². The van der Waals surface area contributed by atoms with Crippen molar-refractivity contribution < 1.29 is 19.5 Å². The monoisotopic (exact) mass is 358 g/mol. The summed E-state index contributed by atoms with van der Waals surface area (Å²) in [4.78, 5) is 40.6. The van der Waals surface area contributed by atoms with E-state index < -0.39 is 24.0 Å². The number of aromatic nitrogens is 1. The fourth-order valence-electron chi connectivity index (χ4n) is 3.44. The number of hydrogen-bond donors (Lipinski definition) is 4. The van der Waals surface area contributed by atoms with Crippen LogP contribution >= 0.6 is 0 Å². The van der Waals surface area contributed by atoms with Crippen LogP contribution in [-0.2, 0) is 20.8 Å². The SMILES string of the molecule is NCC(=O)N1CCCC1C(=O)NC(Cc1c[nH]c2ccccc12)C(=O)O. The number of carboxylic acid groups (broad SMARTS) is 1. The molecule has 0 aliphatic carbocycles. The van der Waals surface area contributed by atoms with Crippen LogP contribution in [0.4, 0.5) is 0 Å². The predicted octanol–water partition coefficient (Wildman–Crippen LogP) is 0.230. The molecule has 1 aliphatic rings. The highest BCUT2D eigenvalue weighted by Gasteiger charge is 2.35. The molecule has 0 saturated carbocycles. The summed E-state index contributed by atoms with van der Waals surface area (Å²) in [7, 11) is 0. The predicted molar refractivity (Wildman–Crippen MR) is 95.4 cm³/mol. The summed E-state index contributed by atoms with van der Waals surface area (Å²) in [6.45, 7) is 0.301. The largest absolute Gasteiger partial charge is 0.480 e. The molecule has 5 N–H and O–H groups in total. The van der Waals surface area contributed by atoms with Crippen molar-refractivity contribution >= 4 is 28.7 Å². The van der Waals surface area contributed by atoms with Crippen molar-refractivity contribution in [1.82, 2.24) is 15.2 Å². The van der Waals surface area contributed by atoms with Gasteiger partial charge in [-0.2, -0.15) is 0 Å². The Kier molecular flexibility index (Phi) is 5.22. The number of likely N-dealkylation sites (tertiary alicyclic amines) is 1. The maximum Gasteiger partial charge on any atom is 0.326 e. The van der Waals surface area contributed by atoms with Gasteiger partial charge in [-0.15, -0.1) is 0 Å². The first-order valence-electron chi connectivity index (χ1n) is 8.59. The lowest BCUT2D eigenvalue weighted by Crippen LogP contribution is -2.52. The van der Waals surface area contributed by atoms with Crippen LogP contribution in [0.25, 0.3) is 10.9 Å². The lowest BCUT2D eigenvalue weighted by atomic mass is 10.0. The van der Waals surface area contributed by atoms with Crippen LogP contribution in [0, 0.1) is 0 Å². The summed E-state index contributed by atoms with van der Waals surface area (Å²) in [5.74, 6) is -1.86. The van der Waals surface area contributed by atoms with E-state index >= 15 is 0 Å². The number of hydrogen-bond acceptors (Lipinski definition) is 4. The fourth-order valence-corrected chi connectivity index (χ4v) is 3.44. The Hall–Kier alpha value is -2.87. The Morgan fingerprint density at radius 1 is 1.35 bits per heavy atom. The van der Waals surface area contributed by atoms with Crippen molar-refractivity contribution in [1.29, 1.82) is 0 Å². The van der Waals surface area contributed by atoms with Gasteiger partial charge in [-0.3, -0.25) is 9.59 Å². The third-order valence-electron chi connectivity index (χ3n) is 4.76. The van der Waals surface area contributed by atoms with E-state index in [1.165, 1.54) is 4.90 Å². The van der Waals surface area contributed by atoms with Gasteiger partial charge in [0.1, 0.15) is 12.1 Å². The van der Waals surface area contributed by atoms with Crippen molar-refractivity contribution in [3.63, 3.8) is 0 Å². The minimum atomic E-state index is -1.11. The lowest BCUT2D eigenvalue weighted by molar-refractivity contribution is -0.143. The van der Waals surface area contributed by atoms with Gasteiger partial charge >= 0.3 is 5.97 Å². The maximum absolute atomic E-state index is 12.6. The van der Waals surface area contributed by atoms with E-state index in [9.17, 15) is 19.5 Å². The van der Waals surface area contributed by atoms with Gasteiger partial charge in [0, 0.05) is 30.1 Å². The van der Waals surface area contributed by atoms with E-state index in [-0.39, 0.29) is 18.9 Å². The third kappa shape index (κ3) is 3.55. The van der Waals surface area contributed by atoms with Crippen LogP contribution in [0.1, 0.15) is 18.4 Å². The number of nitrogens with zero attached hydrogens (tertiary/aromatic N) is 1. The number of aliphatic carboxylic acids is 1. The number of H-pyrrole nitrogens is 1. The number of carbonyl (C=O) groups is 3. The Morgan fingerprint density at radius 3 is 2.85 bits per heavy atom. The summed E-state index contributed by atoms with van der Waals surface area (Å²) in [6, 6.07) is 5.85. The molecule has 1 aliphatic heterocycles. The standard InChI is InChI=1S/C18H22N4O4/c19-9-16(23)22-7-3-6-15(22)17(24)21-14(18(25)26)8-11-10-20-13-5-2-1-4-12(11)13/h1-2,4-5,10,14-15,20H,3,6-9,19H2,(H,21,24)(H,25,26). The zero-order chi connectivity index (χ0) is 18.7. The molecule has 0 bridgehead atoms. The highest BCUT2D eigenvalue weighted by molar-refractivity contribution is 5.92. The molecule has 2 aromatic rings. The van der Waals surface area contributed by atoms with Crippen molar-refractivity contribution in [2.75, 3.05) is 13.1 Å². The average Bonchev–Trinajstić information content (AvgIpc) is 3.27. The zero-order valence-corrected chi connectivity index (χ0v) is 14.3. The molecule has 2 amide bonds. The molecule has 2 atom stereocenters. The summed E-state index contributed by atoms with van der Waals surface area (Å²) in [6.07, 6.45) is 3.12. The number of carboxylic acids is 1. The maximum atomic E-state index is 12.6. The number of fused-ring (bicyclic) bond motifs is 1. The Labute approximate surface area is 150 Å². The van der Waals surface area contributed by atoms with E-state index in [4.69, 9.17) is 5.73 Å². The zero-order valence-electron chi connectivity index (χ0n) is 14.3. The molecule has 1 aromatic heterocycles. The number of para-hydroxylation sites is 1. The van der Waals surface area contributed by atoms with Crippen LogP contribution in [0.5, 0.6) is 0 Å². The molecule has 2 heterocycles. The number of nitrogens with one attached hydrogen (secondary N) is 2. The number of rotatable bonds is 6. The summed E-state index contributed by atoms with van der Waals surface area (Å²) in [5, 5.41) is 13.0. The average molecular weight is 358 g/mol. The Balaban J connectivity index is 1.73. The van der Waals surface area contributed by atoms with Gasteiger partial charge in [0.2, 0.25) is 11.8 Å². The summed E-state index contributed by atoms with van der Waals surface area (Å²) >= 11 is 0. The Bertz CT molecular complexity index is 831. The van der Waals surface area contributed by atoms with Gasteiger partial charge in [-0.25, -0.2) is 4.79 Å². The number of nitrogens with two attached hydrogens (primary N) is 1. The molecule has 1 saturated heterocycles. The summed E-state index contributed by atoms with van der Waals surface area (Å²) in [5.41, 5.74) is 7.11. The van der Waals surface area contributed by atoms with Crippen molar-refractivity contribution in [2.45, 2.75) is 31.3 Å². The number of amides is 2. The fraction of sp³-hybridized carbons (Fsp3) is 0.389. The molecular formula is C18H22N4O4. The van der Waals surface area contributed by atoms with Crippen LogP contribution in [-0.4, -0.2) is 57.9 Å². The first kappa shape index (κ1) is 17.9. The second-order valence-electron chi connectivity index (χ2n) is 6.41. The number of benzene rings is 1. The van der Waals surface area contributed by atoms with Gasteiger partial charge in [-0.05, 0) is 24.5 Å². The topological polar surface area (TPSA) is 129 Å². The van der Waals surface area contributed by atoms with Crippen LogP contribution in [0.15, 0.2) is 30.5 Å². The van der Waals surface area contributed by atoms with Gasteiger partial charge in [0.15, 0.2) is 0 Å². The molecule has 2 unspecified atom stereocenters. The summed E-state index contributed by atoms with van der Waals surface area (Å²) < 4.78 is 0. The second-order valence-corrected chi connectivity index (χ2v) is 6.41. The van der Waals surface area contributed by atoms with Crippen LogP contribution in [0.3, 0.4) is 0 Å². The molecule has 0 radical (unpaired) electrons. The van der Waals surface area contributed by atoms with Gasteiger partial charge in [0.05, 0.1) is 6.54 Å². The van der Waals surface area contributed by atoms with Crippen molar-refractivity contribution in [3.8, 4) is 0 Å². The van der Waals surface area contributed by atoms with Gasteiger partial charge in [-0.1, -0.05) is 18.2 Å². The first-order valence-corrected chi connectivity index (χ1v) is 8.59. The van der Waals surface area contributed by atoms with E-state index in [1.807, 2.05) is 24.3 Å². The molecular weight excluding hydrogens is 336 g/mol. The van der Waals surface area contributed by atoms with Gasteiger partial charge in [0.25, 0.3) is 0 Å². The highest BCUT2D eigenvalue weighted by atomic mass is 16.4. The Morgan fingerprint density at radius 2 is 2.12 bits per heavy atom. The highest BCUT2D eigenvalue weighted by Crippen LogP contribution is 2.20. The minimum absolute atomic E-state index is 0.155.